The van der Waals surface area contributed by atoms with E-state index in [0.717, 1.165) is 27.6 Å². The number of carbonyl (C=O) groups is 1. The smallest absolute Gasteiger partial charge is 0.256 e. The Balaban J connectivity index is 1.46. The molecule has 2 aromatic heterocycles. The Morgan fingerprint density at radius 2 is 1.83 bits per heavy atom. The third-order valence-corrected chi connectivity index (χ3v) is 5.33. The summed E-state index contributed by atoms with van der Waals surface area (Å²) in [5.74, 6) is 0.304. The fraction of sp³-hybridized carbons (Fsp3) is 0.0417. The molecule has 0 spiro atoms. The van der Waals surface area contributed by atoms with Crippen LogP contribution in [0.25, 0.3) is 33.5 Å². The second kappa shape index (κ2) is 7.28. The van der Waals surface area contributed by atoms with Gasteiger partial charge in [0.1, 0.15) is 0 Å². The van der Waals surface area contributed by atoms with E-state index < -0.39 is 0 Å². The first kappa shape index (κ1) is 18.3. The van der Waals surface area contributed by atoms with Crippen molar-refractivity contribution in [2.45, 2.75) is 6.92 Å². The minimum atomic E-state index is -0.190. The van der Waals surface area contributed by atoms with E-state index in [1.54, 1.807) is 12.3 Å². The number of halogens is 1. The van der Waals surface area contributed by atoms with Gasteiger partial charge in [0, 0.05) is 33.4 Å². The van der Waals surface area contributed by atoms with E-state index in [1.807, 2.05) is 67.6 Å². The van der Waals surface area contributed by atoms with Gasteiger partial charge in [-0.3, -0.25) is 4.79 Å². The molecular weight excluding hydrogens is 398 g/mol. The molecule has 0 aliphatic heterocycles. The van der Waals surface area contributed by atoms with Gasteiger partial charge in [0.05, 0.1) is 0 Å². The van der Waals surface area contributed by atoms with E-state index in [4.69, 9.17) is 16.0 Å². The average Bonchev–Trinajstić information content (AvgIpc) is 3.19. The lowest BCUT2D eigenvalue weighted by Crippen LogP contribution is -2.13. The molecular formula is C24H16ClN3O2. The number of fused-ring (bicyclic) bond motifs is 2. The summed E-state index contributed by atoms with van der Waals surface area (Å²) in [4.78, 5) is 21.6. The topological polar surface area (TPSA) is 68.0 Å². The van der Waals surface area contributed by atoms with Crippen molar-refractivity contribution in [2.75, 3.05) is 5.32 Å². The molecule has 5 rings (SSSR count). The number of aryl methyl sites for hydroxylation is 1. The fourth-order valence-electron chi connectivity index (χ4n) is 3.49. The van der Waals surface area contributed by atoms with E-state index >= 15 is 0 Å². The highest BCUT2D eigenvalue weighted by molar-refractivity contribution is 6.36. The molecule has 0 aliphatic rings. The van der Waals surface area contributed by atoms with Crippen LogP contribution in [-0.4, -0.2) is 15.9 Å². The summed E-state index contributed by atoms with van der Waals surface area (Å²) in [6.07, 6.45) is 1.68. The number of rotatable bonds is 3. The summed E-state index contributed by atoms with van der Waals surface area (Å²) < 4.78 is 5.79. The van der Waals surface area contributed by atoms with Crippen molar-refractivity contribution in [3.05, 3.63) is 89.1 Å². The maximum Gasteiger partial charge on any atom is 0.256 e. The SMILES string of the molecule is Cc1cc(-c2nc3ncccc3o2)ccc1NC(=O)c1cccc2c(Cl)cccc12. The zero-order valence-corrected chi connectivity index (χ0v) is 16.8. The van der Waals surface area contributed by atoms with E-state index in [2.05, 4.69) is 15.3 Å². The third kappa shape index (κ3) is 3.19. The Morgan fingerprint density at radius 3 is 2.67 bits per heavy atom. The number of carbonyl (C=O) groups excluding carboxylic acids is 1. The first-order valence-electron chi connectivity index (χ1n) is 9.41. The van der Waals surface area contributed by atoms with Crippen molar-refractivity contribution in [3.8, 4) is 11.5 Å². The van der Waals surface area contributed by atoms with Crippen molar-refractivity contribution in [3.63, 3.8) is 0 Å². The van der Waals surface area contributed by atoms with Gasteiger partial charge >= 0.3 is 0 Å². The molecule has 0 saturated heterocycles. The third-order valence-electron chi connectivity index (χ3n) is 5.00. The summed E-state index contributed by atoms with van der Waals surface area (Å²) >= 11 is 6.27. The lowest BCUT2D eigenvalue weighted by Gasteiger charge is -2.11. The van der Waals surface area contributed by atoms with Crippen molar-refractivity contribution >= 4 is 45.2 Å². The largest absolute Gasteiger partial charge is 0.434 e. The van der Waals surface area contributed by atoms with Crippen LogP contribution in [0.15, 0.2) is 77.3 Å². The van der Waals surface area contributed by atoms with Crippen molar-refractivity contribution in [2.24, 2.45) is 0 Å². The van der Waals surface area contributed by atoms with Gasteiger partial charge in [-0.25, -0.2) is 4.98 Å². The maximum atomic E-state index is 13.0. The van der Waals surface area contributed by atoms with Crippen LogP contribution in [0, 0.1) is 6.92 Å². The molecule has 0 unspecified atom stereocenters. The first-order chi connectivity index (χ1) is 14.6. The first-order valence-corrected chi connectivity index (χ1v) is 9.79. The number of benzene rings is 3. The lowest BCUT2D eigenvalue weighted by molar-refractivity contribution is 0.102. The quantitative estimate of drug-likeness (QED) is 0.379. The number of nitrogens with zero attached hydrogens (tertiary/aromatic N) is 2. The average molecular weight is 414 g/mol. The van der Waals surface area contributed by atoms with Crippen LogP contribution >= 0.6 is 11.6 Å². The monoisotopic (exact) mass is 413 g/mol. The molecule has 6 heteroatoms. The number of hydrogen-bond donors (Lipinski definition) is 1. The molecule has 3 aromatic carbocycles. The molecule has 0 fully saturated rings. The molecule has 0 saturated carbocycles. The molecule has 0 aliphatic carbocycles. The minimum Gasteiger partial charge on any atom is -0.434 e. The second-order valence-corrected chi connectivity index (χ2v) is 7.38. The summed E-state index contributed by atoms with van der Waals surface area (Å²) in [5, 5.41) is 5.28. The van der Waals surface area contributed by atoms with Crippen LogP contribution in [0.1, 0.15) is 15.9 Å². The van der Waals surface area contributed by atoms with Crippen molar-refractivity contribution in [1.82, 2.24) is 9.97 Å². The van der Waals surface area contributed by atoms with E-state index in [1.165, 1.54) is 0 Å². The Kier molecular flexibility index (Phi) is 4.45. The van der Waals surface area contributed by atoms with Gasteiger partial charge in [0.25, 0.3) is 5.91 Å². The number of anilines is 1. The maximum absolute atomic E-state index is 13.0. The van der Waals surface area contributed by atoms with Crippen molar-refractivity contribution in [1.29, 1.82) is 0 Å². The molecule has 5 nitrogen and oxygen atoms in total. The van der Waals surface area contributed by atoms with Gasteiger partial charge in [0.2, 0.25) is 5.89 Å². The molecule has 1 amide bonds. The van der Waals surface area contributed by atoms with Crippen LogP contribution in [0.5, 0.6) is 0 Å². The molecule has 5 aromatic rings. The zero-order chi connectivity index (χ0) is 20.7. The predicted octanol–water partition coefficient (Wildman–Crippen LogP) is 6.26. The molecule has 0 atom stereocenters. The Labute approximate surface area is 177 Å². The number of aromatic nitrogens is 2. The molecule has 0 radical (unpaired) electrons. The van der Waals surface area contributed by atoms with Crippen LogP contribution in [0.2, 0.25) is 5.02 Å². The van der Waals surface area contributed by atoms with Gasteiger partial charge in [-0.05, 0) is 60.3 Å². The van der Waals surface area contributed by atoms with Crippen LogP contribution < -0.4 is 5.32 Å². The molecule has 0 bridgehead atoms. The highest BCUT2D eigenvalue weighted by atomic mass is 35.5. The molecule has 2 heterocycles. The van der Waals surface area contributed by atoms with Crippen LogP contribution in [-0.2, 0) is 0 Å². The number of pyridine rings is 1. The number of amides is 1. The van der Waals surface area contributed by atoms with Crippen LogP contribution in [0.4, 0.5) is 5.69 Å². The Bertz CT molecular complexity index is 1390. The number of hydrogen-bond acceptors (Lipinski definition) is 4. The summed E-state index contributed by atoms with van der Waals surface area (Å²) in [6.45, 7) is 1.93. The molecule has 1 N–H and O–H groups in total. The van der Waals surface area contributed by atoms with E-state index in [9.17, 15) is 4.79 Å². The van der Waals surface area contributed by atoms with Gasteiger partial charge in [0.15, 0.2) is 11.2 Å². The second-order valence-electron chi connectivity index (χ2n) is 6.97. The predicted molar refractivity (Wildman–Crippen MR) is 119 cm³/mol. The summed E-state index contributed by atoms with van der Waals surface area (Å²) in [6, 6.07) is 20.4. The number of nitrogens with one attached hydrogen (secondary N) is 1. The highest BCUT2D eigenvalue weighted by Gasteiger charge is 2.14. The minimum absolute atomic E-state index is 0.190. The van der Waals surface area contributed by atoms with E-state index in [-0.39, 0.29) is 5.91 Å². The molecule has 30 heavy (non-hydrogen) atoms. The summed E-state index contributed by atoms with van der Waals surface area (Å²) in [7, 11) is 0. The van der Waals surface area contributed by atoms with Gasteiger partial charge in [-0.15, -0.1) is 0 Å². The van der Waals surface area contributed by atoms with Crippen LogP contribution in [0.3, 0.4) is 0 Å². The van der Waals surface area contributed by atoms with E-state index in [0.29, 0.717) is 27.7 Å². The van der Waals surface area contributed by atoms with Crippen molar-refractivity contribution < 1.29 is 9.21 Å². The Hall–Kier alpha value is -3.70. The normalized spacial score (nSPS) is 11.1. The van der Waals surface area contributed by atoms with Gasteiger partial charge in [-0.1, -0.05) is 35.9 Å². The number of oxazole rings is 1. The highest BCUT2D eigenvalue weighted by Crippen LogP contribution is 2.29. The van der Waals surface area contributed by atoms with Gasteiger partial charge in [-0.2, -0.15) is 4.98 Å². The standard InChI is InChI=1S/C24H16ClN3O2/c1-14-13-15(24-28-22-21(30-24)9-4-12-26-22)10-11-20(14)27-23(29)18-7-2-6-17-16(18)5-3-8-19(17)25/h2-13H,1H3,(H,27,29). The Morgan fingerprint density at radius 1 is 1.00 bits per heavy atom. The van der Waals surface area contributed by atoms with Gasteiger partial charge < -0.3 is 9.73 Å². The molecule has 146 valence electrons. The lowest BCUT2D eigenvalue weighted by atomic mass is 10.0. The zero-order valence-electron chi connectivity index (χ0n) is 16.0. The summed E-state index contributed by atoms with van der Waals surface area (Å²) in [5.41, 5.74) is 4.21. The fourth-order valence-corrected chi connectivity index (χ4v) is 3.73.